The van der Waals surface area contributed by atoms with Crippen LogP contribution < -0.4 is 4.72 Å². The lowest BCUT2D eigenvalue weighted by Gasteiger charge is -2.10. The molecule has 1 aromatic carbocycles. The highest BCUT2D eigenvalue weighted by molar-refractivity contribution is 8.14. The van der Waals surface area contributed by atoms with Crippen molar-refractivity contribution in [1.82, 2.24) is 0 Å². The third-order valence-corrected chi connectivity index (χ3v) is 2.48. The molecule has 0 amide bonds. The van der Waals surface area contributed by atoms with Gasteiger partial charge in [-0.25, -0.2) is 4.39 Å². The second-order valence-corrected chi connectivity index (χ2v) is 4.66. The Balaban J connectivity index is 3.10. The molecule has 1 nitrogen and oxygen atoms in total. The molecule has 1 rings (SSSR count). The Bertz CT molecular complexity index is 352. The molecule has 72 valence electrons. The predicted octanol–water partition coefficient (Wildman–Crippen LogP) is 3.45. The normalized spacial score (nSPS) is 12.6. The number of benzene rings is 1. The molecule has 0 saturated heterocycles. The molecule has 0 aliphatic rings. The first kappa shape index (κ1) is 10.5. The third kappa shape index (κ3) is 2.45. The number of nitrogens with one attached hydrogen (secondary N) is 1. The number of rotatable bonds is 2. The van der Waals surface area contributed by atoms with Crippen molar-refractivity contribution in [2.24, 2.45) is 0 Å². The molecule has 0 aliphatic heterocycles. The predicted molar refractivity (Wildman–Crippen MR) is 60.4 cm³/mol. The van der Waals surface area contributed by atoms with Gasteiger partial charge < -0.3 is 4.72 Å². The lowest BCUT2D eigenvalue weighted by molar-refractivity contribution is 0.620. The number of anilines is 1. The Morgan fingerprint density at radius 2 is 2.15 bits per heavy atom. The van der Waals surface area contributed by atoms with Gasteiger partial charge in [0, 0.05) is 11.3 Å². The Labute approximate surface area is 85.0 Å². The summed E-state index contributed by atoms with van der Waals surface area (Å²) in [7, 11) is -0.201. The van der Waals surface area contributed by atoms with Gasteiger partial charge in [-0.1, -0.05) is 17.5 Å². The second-order valence-electron chi connectivity index (χ2n) is 2.77. The topological polar surface area (TPSA) is 12.0 Å². The summed E-state index contributed by atoms with van der Waals surface area (Å²) in [6.45, 7) is 1.69. The van der Waals surface area contributed by atoms with E-state index in [2.05, 4.69) is 10.6 Å². The average molecular weight is 220 g/mol. The largest absolute Gasteiger partial charge is 0.336 e. The van der Waals surface area contributed by atoms with Gasteiger partial charge in [0.2, 0.25) is 0 Å². The van der Waals surface area contributed by atoms with Gasteiger partial charge in [-0.3, -0.25) is 0 Å². The maximum Gasteiger partial charge on any atom is 0.146 e. The van der Waals surface area contributed by atoms with Crippen molar-refractivity contribution in [2.45, 2.75) is 6.92 Å². The molecule has 0 heterocycles. The minimum absolute atomic E-state index is 0.156. The molecule has 13 heavy (non-hydrogen) atoms. The number of hydrogen-bond donors (Lipinski definition) is 1. The molecular weight excluding hydrogens is 209 g/mol. The Morgan fingerprint density at radius 1 is 1.54 bits per heavy atom. The van der Waals surface area contributed by atoms with Gasteiger partial charge in [-0.2, -0.15) is 0 Å². The van der Waals surface area contributed by atoms with E-state index in [-0.39, 0.29) is 21.5 Å². The van der Waals surface area contributed by atoms with Crippen LogP contribution in [0.5, 0.6) is 0 Å². The first-order valence-electron chi connectivity index (χ1n) is 3.69. The summed E-state index contributed by atoms with van der Waals surface area (Å²) < 4.78 is 16.3. The summed E-state index contributed by atoms with van der Waals surface area (Å²) >= 11 is 5.61. The zero-order chi connectivity index (χ0) is 10.0. The highest BCUT2D eigenvalue weighted by atomic mass is 35.5. The van der Waals surface area contributed by atoms with E-state index >= 15 is 0 Å². The molecular formula is C9H11ClFNS. The number of hydrogen-bond acceptors (Lipinski definition) is 1. The molecule has 0 aliphatic carbocycles. The van der Waals surface area contributed by atoms with Crippen LogP contribution in [-0.2, 0) is 0 Å². The van der Waals surface area contributed by atoms with Crippen molar-refractivity contribution < 1.29 is 4.39 Å². The highest BCUT2D eigenvalue weighted by Crippen LogP contribution is 2.26. The van der Waals surface area contributed by atoms with Gasteiger partial charge in [0.05, 0.1) is 5.02 Å². The summed E-state index contributed by atoms with van der Waals surface area (Å²) in [5.74, 6) is 3.42. The fourth-order valence-corrected chi connectivity index (χ4v) is 1.75. The van der Waals surface area contributed by atoms with Gasteiger partial charge in [0.25, 0.3) is 0 Å². The first-order valence-corrected chi connectivity index (χ1v) is 5.87. The van der Waals surface area contributed by atoms with Crippen LogP contribution in [0.15, 0.2) is 12.1 Å². The van der Waals surface area contributed by atoms with E-state index in [9.17, 15) is 4.39 Å². The van der Waals surface area contributed by atoms with Crippen LogP contribution in [0.25, 0.3) is 0 Å². The van der Waals surface area contributed by atoms with Crippen LogP contribution >= 0.6 is 22.3 Å². The zero-order valence-electron chi connectivity index (χ0n) is 7.53. The zero-order valence-corrected chi connectivity index (χ0v) is 9.10. The van der Waals surface area contributed by atoms with E-state index in [4.69, 9.17) is 11.6 Å². The van der Waals surface area contributed by atoms with Crippen LogP contribution in [0.4, 0.5) is 10.1 Å². The van der Waals surface area contributed by atoms with Crippen molar-refractivity contribution >= 4 is 33.8 Å². The molecule has 0 radical (unpaired) electrons. The standard InChI is InChI=1S/C9H11ClFNS/c1-6-8(12-13(2)3)5-4-7(10)9(6)11/h4-5,12H,2H2,1,3H3. The smallest absolute Gasteiger partial charge is 0.146 e. The molecule has 0 spiro atoms. The van der Waals surface area contributed by atoms with Gasteiger partial charge in [-0.05, 0) is 25.3 Å². The van der Waals surface area contributed by atoms with Crippen LogP contribution in [0.1, 0.15) is 5.56 Å². The maximum atomic E-state index is 13.3. The SMILES string of the molecule is C=S(C)Nc1ccc(Cl)c(F)c1C. The Morgan fingerprint density at radius 3 is 2.69 bits per heavy atom. The minimum atomic E-state index is -0.364. The molecule has 0 bridgehead atoms. The van der Waals surface area contributed by atoms with Crippen molar-refractivity contribution in [2.75, 3.05) is 11.0 Å². The van der Waals surface area contributed by atoms with Gasteiger partial charge in [0.1, 0.15) is 5.82 Å². The lowest BCUT2D eigenvalue weighted by atomic mass is 10.2. The van der Waals surface area contributed by atoms with Crippen molar-refractivity contribution in [3.05, 3.63) is 28.5 Å². The van der Waals surface area contributed by atoms with E-state index in [1.54, 1.807) is 19.1 Å². The monoisotopic (exact) mass is 219 g/mol. The highest BCUT2D eigenvalue weighted by Gasteiger charge is 2.07. The number of halogens is 2. The van der Waals surface area contributed by atoms with Crippen LogP contribution in [0.2, 0.25) is 5.02 Å². The second kappa shape index (κ2) is 4.11. The van der Waals surface area contributed by atoms with E-state index in [0.717, 1.165) is 5.69 Å². The van der Waals surface area contributed by atoms with Crippen molar-refractivity contribution in [1.29, 1.82) is 0 Å². The summed E-state index contributed by atoms with van der Waals surface area (Å²) in [4.78, 5) is 0. The fraction of sp³-hybridized carbons (Fsp3) is 0.222. The van der Waals surface area contributed by atoms with Crippen molar-refractivity contribution in [3.8, 4) is 0 Å². The lowest BCUT2D eigenvalue weighted by Crippen LogP contribution is -1.94. The Kier molecular flexibility index (Phi) is 3.33. The molecule has 0 fully saturated rings. The fourth-order valence-electron chi connectivity index (χ4n) is 0.950. The molecule has 0 saturated carbocycles. The average Bonchev–Trinajstić information content (AvgIpc) is 2.06. The molecule has 1 aromatic rings. The van der Waals surface area contributed by atoms with Gasteiger partial charge in [-0.15, -0.1) is 10.7 Å². The van der Waals surface area contributed by atoms with Gasteiger partial charge >= 0.3 is 0 Å². The molecule has 0 aromatic heterocycles. The van der Waals surface area contributed by atoms with Crippen LogP contribution in [0.3, 0.4) is 0 Å². The molecule has 4 heteroatoms. The van der Waals surface area contributed by atoms with E-state index < -0.39 is 0 Å². The van der Waals surface area contributed by atoms with E-state index in [1.807, 2.05) is 6.26 Å². The Hall–Kier alpha value is -0.540. The summed E-state index contributed by atoms with van der Waals surface area (Å²) in [6.07, 6.45) is 1.92. The van der Waals surface area contributed by atoms with Gasteiger partial charge in [0.15, 0.2) is 0 Å². The van der Waals surface area contributed by atoms with Crippen LogP contribution in [0, 0.1) is 12.7 Å². The summed E-state index contributed by atoms with van der Waals surface area (Å²) in [5, 5.41) is 0.156. The molecule has 1 unspecified atom stereocenters. The van der Waals surface area contributed by atoms with E-state index in [0.29, 0.717) is 5.56 Å². The summed E-state index contributed by atoms with van der Waals surface area (Å²) in [5.41, 5.74) is 1.29. The third-order valence-electron chi connectivity index (χ3n) is 1.62. The molecule has 1 atom stereocenters. The maximum absolute atomic E-state index is 13.3. The molecule has 1 N–H and O–H groups in total. The van der Waals surface area contributed by atoms with Crippen molar-refractivity contribution in [3.63, 3.8) is 0 Å². The van der Waals surface area contributed by atoms with Crippen LogP contribution in [-0.4, -0.2) is 12.1 Å². The van der Waals surface area contributed by atoms with E-state index in [1.165, 1.54) is 0 Å². The quantitative estimate of drug-likeness (QED) is 0.752. The summed E-state index contributed by atoms with van der Waals surface area (Å²) in [6, 6.07) is 3.30. The minimum Gasteiger partial charge on any atom is -0.336 e. The first-order chi connectivity index (χ1) is 6.02.